The number of ether oxygens (including phenoxy) is 1. The van der Waals surface area contributed by atoms with E-state index in [1.54, 1.807) is 24.3 Å². The summed E-state index contributed by atoms with van der Waals surface area (Å²) in [5.41, 5.74) is 0.889. The average molecular weight is 297 g/mol. The number of carbonyl (C=O) groups is 2. The lowest BCUT2D eigenvalue weighted by atomic mass is 9.96. The zero-order valence-electron chi connectivity index (χ0n) is 11.8. The number of amides is 1. The van der Waals surface area contributed by atoms with E-state index in [9.17, 15) is 14.7 Å². The minimum absolute atomic E-state index is 0.269. The van der Waals surface area contributed by atoms with Crippen LogP contribution in [0.1, 0.15) is 5.56 Å². The fraction of sp³-hybridized carbons (Fsp3) is 0.176. The highest BCUT2D eigenvalue weighted by Gasteiger charge is 2.53. The first kappa shape index (κ1) is 14.1. The fourth-order valence-corrected chi connectivity index (χ4v) is 2.50. The first-order valence-corrected chi connectivity index (χ1v) is 6.96. The first-order chi connectivity index (χ1) is 10.7. The highest BCUT2D eigenvalue weighted by Crippen LogP contribution is 2.27. The van der Waals surface area contributed by atoms with Gasteiger partial charge in [-0.15, -0.1) is 0 Å². The van der Waals surface area contributed by atoms with Crippen molar-refractivity contribution in [3.63, 3.8) is 0 Å². The van der Waals surface area contributed by atoms with Crippen molar-refractivity contribution >= 4 is 11.9 Å². The van der Waals surface area contributed by atoms with E-state index in [1.807, 2.05) is 36.4 Å². The van der Waals surface area contributed by atoms with Gasteiger partial charge < -0.3 is 14.7 Å². The molecule has 1 aliphatic rings. The lowest BCUT2D eigenvalue weighted by Crippen LogP contribution is -2.69. The highest BCUT2D eigenvalue weighted by atomic mass is 16.5. The molecule has 5 heteroatoms. The molecule has 3 rings (SSSR count). The maximum Gasteiger partial charge on any atom is 0.330 e. The summed E-state index contributed by atoms with van der Waals surface area (Å²) in [6, 6.07) is 17.1. The molecule has 0 unspecified atom stereocenters. The van der Waals surface area contributed by atoms with Gasteiger partial charge in [0.25, 0.3) is 5.91 Å². The number of carboxylic acids is 1. The van der Waals surface area contributed by atoms with Gasteiger partial charge in [-0.25, -0.2) is 4.79 Å². The maximum absolute atomic E-state index is 12.2. The number of para-hydroxylation sites is 1. The molecule has 1 heterocycles. The van der Waals surface area contributed by atoms with Crippen LogP contribution in [0.15, 0.2) is 60.7 Å². The summed E-state index contributed by atoms with van der Waals surface area (Å²) >= 11 is 0. The third-order valence-corrected chi connectivity index (χ3v) is 3.60. The molecule has 2 aromatic rings. The van der Waals surface area contributed by atoms with Gasteiger partial charge in [0.05, 0.1) is 0 Å². The van der Waals surface area contributed by atoms with Crippen LogP contribution in [-0.2, 0) is 16.1 Å². The lowest BCUT2D eigenvalue weighted by molar-refractivity contribution is -0.177. The number of likely N-dealkylation sites (tertiary alicyclic amines) is 1. The van der Waals surface area contributed by atoms with Crippen LogP contribution >= 0.6 is 0 Å². The number of hydrogen-bond acceptors (Lipinski definition) is 3. The molecule has 0 spiro atoms. The smallest absolute Gasteiger partial charge is 0.330 e. The third kappa shape index (κ3) is 2.65. The van der Waals surface area contributed by atoms with Crippen LogP contribution in [0.2, 0.25) is 0 Å². The second-order valence-electron chi connectivity index (χ2n) is 5.09. The Balaban J connectivity index is 1.74. The van der Waals surface area contributed by atoms with Crippen molar-refractivity contribution in [2.45, 2.75) is 18.7 Å². The predicted molar refractivity (Wildman–Crippen MR) is 79.3 cm³/mol. The van der Waals surface area contributed by atoms with Crippen LogP contribution in [0, 0.1) is 0 Å². The van der Waals surface area contributed by atoms with Crippen LogP contribution in [0.5, 0.6) is 5.75 Å². The Bertz CT molecular complexity index is 620. The summed E-state index contributed by atoms with van der Waals surface area (Å²) < 4.78 is 5.53. The van der Waals surface area contributed by atoms with E-state index in [1.165, 1.54) is 4.90 Å². The molecule has 1 N–H and O–H groups in total. The number of rotatable bonds is 5. The lowest BCUT2D eigenvalue weighted by Gasteiger charge is -2.43. The largest absolute Gasteiger partial charge is 0.480 e. The number of β-lactam (4-membered cyclic amide) rings is 1. The van der Waals surface area contributed by atoms with Gasteiger partial charge in [0.15, 0.2) is 6.04 Å². The Morgan fingerprint density at radius 1 is 1.05 bits per heavy atom. The minimum atomic E-state index is -1.06. The van der Waals surface area contributed by atoms with Gasteiger partial charge in [0.1, 0.15) is 5.75 Å². The van der Waals surface area contributed by atoms with E-state index < -0.39 is 18.1 Å². The molecule has 0 saturated carbocycles. The zero-order valence-corrected chi connectivity index (χ0v) is 11.8. The molecule has 1 aliphatic heterocycles. The van der Waals surface area contributed by atoms with Crippen LogP contribution < -0.4 is 4.74 Å². The molecule has 1 amide bonds. The molecule has 0 radical (unpaired) electrons. The summed E-state index contributed by atoms with van der Waals surface area (Å²) in [4.78, 5) is 25.0. The fourth-order valence-electron chi connectivity index (χ4n) is 2.50. The molecule has 1 fully saturated rings. The van der Waals surface area contributed by atoms with Crippen LogP contribution in [0.25, 0.3) is 0 Å². The SMILES string of the molecule is O=C(O)[C@H]1[C@H](Oc2ccccc2)C(=O)N1Cc1ccccc1. The van der Waals surface area contributed by atoms with Crippen molar-refractivity contribution in [3.05, 3.63) is 66.2 Å². The van der Waals surface area contributed by atoms with Crippen molar-refractivity contribution in [1.82, 2.24) is 4.90 Å². The Morgan fingerprint density at radius 2 is 1.64 bits per heavy atom. The molecule has 0 aromatic heterocycles. The number of nitrogens with zero attached hydrogens (tertiary/aromatic N) is 1. The Hall–Kier alpha value is -2.82. The molecule has 0 bridgehead atoms. The van der Waals surface area contributed by atoms with Gasteiger partial charge in [-0.2, -0.15) is 0 Å². The Morgan fingerprint density at radius 3 is 2.23 bits per heavy atom. The van der Waals surface area contributed by atoms with Gasteiger partial charge in [0.2, 0.25) is 6.10 Å². The highest BCUT2D eigenvalue weighted by molar-refractivity contribution is 5.98. The van der Waals surface area contributed by atoms with Crippen molar-refractivity contribution in [2.24, 2.45) is 0 Å². The quantitative estimate of drug-likeness (QED) is 0.856. The third-order valence-electron chi connectivity index (χ3n) is 3.60. The Kier molecular flexibility index (Phi) is 3.78. The van der Waals surface area contributed by atoms with E-state index in [0.29, 0.717) is 5.75 Å². The molecule has 2 atom stereocenters. The molecule has 1 saturated heterocycles. The summed E-state index contributed by atoms with van der Waals surface area (Å²) in [6.45, 7) is 0.269. The monoisotopic (exact) mass is 297 g/mol. The van der Waals surface area contributed by atoms with Crippen LogP contribution in [0.4, 0.5) is 0 Å². The number of benzene rings is 2. The second kappa shape index (κ2) is 5.89. The Labute approximate surface area is 127 Å². The van der Waals surface area contributed by atoms with E-state index in [-0.39, 0.29) is 12.5 Å². The van der Waals surface area contributed by atoms with Crippen molar-refractivity contribution in [2.75, 3.05) is 0 Å². The van der Waals surface area contributed by atoms with Crippen molar-refractivity contribution in [1.29, 1.82) is 0 Å². The van der Waals surface area contributed by atoms with Gasteiger partial charge in [-0.3, -0.25) is 4.79 Å². The van der Waals surface area contributed by atoms with Crippen LogP contribution in [0.3, 0.4) is 0 Å². The first-order valence-electron chi connectivity index (χ1n) is 6.96. The number of aliphatic carboxylic acids is 1. The average Bonchev–Trinajstić information content (AvgIpc) is 2.54. The minimum Gasteiger partial charge on any atom is -0.480 e. The van der Waals surface area contributed by atoms with E-state index >= 15 is 0 Å². The molecule has 112 valence electrons. The maximum atomic E-state index is 12.2. The summed E-state index contributed by atoms with van der Waals surface area (Å²) in [5.74, 6) is -0.872. The topological polar surface area (TPSA) is 66.8 Å². The predicted octanol–water partition coefficient (Wildman–Crippen LogP) is 1.93. The van der Waals surface area contributed by atoms with E-state index in [0.717, 1.165) is 5.56 Å². The van der Waals surface area contributed by atoms with Gasteiger partial charge in [-0.1, -0.05) is 48.5 Å². The van der Waals surface area contributed by atoms with E-state index in [2.05, 4.69) is 0 Å². The molecule has 5 nitrogen and oxygen atoms in total. The molecular formula is C17H15NO4. The number of hydrogen-bond donors (Lipinski definition) is 1. The second-order valence-corrected chi connectivity index (χ2v) is 5.09. The number of carbonyl (C=O) groups excluding carboxylic acids is 1. The standard InChI is InChI=1S/C17H15NO4/c19-16-15(22-13-9-5-2-6-10-13)14(17(20)21)18(16)11-12-7-3-1-4-8-12/h1-10,14-15H,11H2,(H,20,21)/t14-,15+/m1/s1. The van der Waals surface area contributed by atoms with Gasteiger partial charge >= 0.3 is 5.97 Å². The molecule has 0 aliphatic carbocycles. The normalized spacial score (nSPS) is 20.4. The van der Waals surface area contributed by atoms with Gasteiger partial charge in [0, 0.05) is 6.54 Å². The summed E-state index contributed by atoms with van der Waals surface area (Å²) in [7, 11) is 0. The van der Waals surface area contributed by atoms with E-state index in [4.69, 9.17) is 4.74 Å². The van der Waals surface area contributed by atoms with Gasteiger partial charge in [-0.05, 0) is 17.7 Å². The zero-order chi connectivity index (χ0) is 15.5. The van der Waals surface area contributed by atoms with Crippen molar-refractivity contribution in [3.8, 4) is 5.75 Å². The summed E-state index contributed by atoms with van der Waals surface area (Å²) in [5, 5.41) is 9.37. The molecule has 22 heavy (non-hydrogen) atoms. The summed E-state index contributed by atoms with van der Waals surface area (Å²) in [6.07, 6.45) is -0.969. The van der Waals surface area contributed by atoms with Crippen molar-refractivity contribution < 1.29 is 19.4 Å². The van der Waals surface area contributed by atoms with Crippen LogP contribution in [-0.4, -0.2) is 34.0 Å². The number of carboxylic acid groups (broad SMARTS) is 1. The molecule has 2 aromatic carbocycles. The molecular weight excluding hydrogens is 282 g/mol.